The van der Waals surface area contributed by atoms with Crippen molar-refractivity contribution in [2.45, 2.75) is 46.1 Å². The van der Waals surface area contributed by atoms with Gasteiger partial charge in [0.05, 0.1) is 5.41 Å². The molecule has 0 radical (unpaired) electrons. The second-order valence-corrected chi connectivity index (χ2v) is 6.29. The van der Waals surface area contributed by atoms with Crippen molar-refractivity contribution in [3.8, 4) is 0 Å². The van der Waals surface area contributed by atoms with E-state index in [1.165, 1.54) is 0 Å². The number of ether oxygens (including phenoxy) is 2. The number of hydrogen-bond donors (Lipinski definition) is 0. The Morgan fingerprint density at radius 3 is 2.25 bits per heavy atom. The van der Waals surface area contributed by atoms with Crippen LogP contribution < -0.4 is 0 Å². The van der Waals surface area contributed by atoms with Crippen LogP contribution in [0.25, 0.3) is 0 Å². The Labute approximate surface area is 119 Å². The third kappa shape index (κ3) is 4.51. The molecule has 1 aliphatic heterocycles. The summed E-state index contributed by atoms with van der Waals surface area (Å²) < 4.78 is 10.2. The zero-order valence-electron chi connectivity index (χ0n) is 12.6. The van der Waals surface area contributed by atoms with E-state index in [0.29, 0.717) is 32.2 Å². The van der Waals surface area contributed by atoms with Crippen LogP contribution in [-0.4, -0.2) is 48.5 Å². The second-order valence-electron chi connectivity index (χ2n) is 6.29. The van der Waals surface area contributed by atoms with Gasteiger partial charge in [0, 0.05) is 13.1 Å². The average Bonchev–Trinajstić information content (AvgIpc) is 2.34. The molecule has 1 saturated heterocycles. The maximum absolute atomic E-state index is 11.9. The highest BCUT2D eigenvalue weighted by atomic mass is 16.6. The first-order chi connectivity index (χ1) is 9.18. The van der Waals surface area contributed by atoms with Gasteiger partial charge in [-0.3, -0.25) is 9.59 Å². The zero-order chi connectivity index (χ0) is 15.4. The molecule has 0 aliphatic carbocycles. The van der Waals surface area contributed by atoms with Crippen LogP contribution in [-0.2, 0) is 19.1 Å². The number of rotatable bonds is 3. The summed E-state index contributed by atoms with van der Waals surface area (Å²) >= 11 is 0. The minimum absolute atomic E-state index is 0.218. The SMILES string of the molecule is CC(C)(C)OC(=O)N1CCC(C)(C(=O)OCC=O)CC1. The van der Waals surface area contributed by atoms with E-state index >= 15 is 0 Å². The van der Waals surface area contributed by atoms with Crippen molar-refractivity contribution >= 4 is 18.3 Å². The fourth-order valence-corrected chi connectivity index (χ4v) is 2.00. The predicted octanol–water partition coefficient (Wildman–Crippen LogP) is 1.77. The highest BCUT2D eigenvalue weighted by molar-refractivity contribution is 5.78. The molecule has 6 nitrogen and oxygen atoms in total. The number of aldehydes is 1. The van der Waals surface area contributed by atoms with Crippen molar-refractivity contribution in [2.24, 2.45) is 5.41 Å². The fourth-order valence-electron chi connectivity index (χ4n) is 2.00. The third-order valence-electron chi connectivity index (χ3n) is 3.29. The number of carbonyl (C=O) groups excluding carboxylic acids is 3. The summed E-state index contributed by atoms with van der Waals surface area (Å²) in [5.74, 6) is -0.381. The van der Waals surface area contributed by atoms with Gasteiger partial charge in [0.15, 0.2) is 6.29 Å². The van der Waals surface area contributed by atoms with Crippen molar-refractivity contribution < 1.29 is 23.9 Å². The van der Waals surface area contributed by atoms with Crippen LogP contribution in [0.2, 0.25) is 0 Å². The molecule has 1 fully saturated rings. The van der Waals surface area contributed by atoms with Gasteiger partial charge in [-0.05, 0) is 40.5 Å². The number of piperidine rings is 1. The van der Waals surface area contributed by atoms with Crippen LogP contribution in [0.15, 0.2) is 0 Å². The molecule has 1 rings (SSSR count). The molecular weight excluding hydrogens is 262 g/mol. The van der Waals surface area contributed by atoms with Crippen molar-refractivity contribution in [3.63, 3.8) is 0 Å². The lowest BCUT2D eigenvalue weighted by Gasteiger charge is -2.37. The topological polar surface area (TPSA) is 72.9 Å². The lowest BCUT2D eigenvalue weighted by atomic mass is 9.80. The molecule has 0 N–H and O–H groups in total. The lowest BCUT2D eigenvalue weighted by Crippen LogP contribution is -2.47. The maximum Gasteiger partial charge on any atom is 0.410 e. The van der Waals surface area contributed by atoms with Gasteiger partial charge < -0.3 is 14.4 Å². The predicted molar refractivity (Wildman–Crippen MR) is 72.2 cm³/mol. The van der Waals surface area contributed by atoms with Crippen molar-refractivity contribution in [1.82, 2.24) is 4.90 Å². The van der Waals surface area contributed by atoms with Gasteiger partial charge >= 0.3 is 12.1 Å². The Hall–Kier alpha value is -1.59. The van der Waals surface area contributed by atoms with E-state index < -0.39 is 11.0 Å². The van der Waals surface area contributed by atoms with Crippen LogP contribution in [0.5, 0.6) is 0 Å². The van der Waals surface area contributed by atoms with Crippen molar-refractivity contribution in [3.05, 3.63) is 0 Å². The van der Waals surface area contributed by atoms with E-state index in [0.717, 1.165) is 0 Å². The second kappa shape index (κ2) is 6.24. The Balaban J connectivity index is 2.52. The summed E-state index contributed by atoms with van der Waals surface area (Å²) in [5, 5.41) is 0. The van der Waals surface area contributed by atoms with Gasteiger partial charge in [-0.25, -0.2) is 4.79 Å². The molecule has 1 amide bonds. The van der Waals surface area contributed by atoms with Crippen LogP contribution in [0.4, 0.5) is 4.79 Å². The first kappa shape index (κ1) is 16.5. The van der Waals surface area contributed by atoms with E-state index in [1.54, 1.807) is 11.8 Å². The molecule has 0 unspecified atom stereocenters. The fraction of sp³-hybridized carbons (Fsp3) is 0.786. The lowest BCUT2D eigenvalue weighted by molar-refractivity contribution is -0.158. The highest BCUT2D eigenvalue weighted by Gasteiger charge is 2.40. The van der Waals surface area contributed by atoms with Gasteiger partial charge in [0.2, 0.25) is 0 Å². The molecule has 1 heterocycles. The Morgan fingerprint density at radius 1 is 1.25 bits per heavy atom. The number of carbonyl (C=O) groups is 3. The molecule has 0 saturated carbocycles. The van der Waals surface area contributed by atoms with Gasteiger partial charge in [0.25, 0.3) is 0 Å². The van der Waals surface area contributed by atoms with E-state index in [1.807, 2.05) is 20.8 Å². The molecule has 0 bridgehead atoms. The summed E-state index contributed by atoms with van der Waals surface area (Å²) in [6.07, 6.45) is 1.20. The van der Waals surface area contributed by atoms with Gasteiger partial charge in [0.1, 0.15) is 12.2 Å². The van der Waals surface area contributed by atoms with Crippen LogP contribution in [0.1, 0.15) is 40.5 Å². The maximum atomic E-state index is 11.9. The van der Waals surface area contributed by atoms with E-state index in [-0.39, 0.29) is 18.7 Å². The quantitative estimate of drug-likeness (QED) is 0.583. The van der Waals surface area contributed by atoms with E-state index in [4.69, 9.17) is 9.47 Å². The summed E-state index contributed by atoms with van der Waals surface area (Å²) in [5.41, 5.74) is -1.16. The van der Waals surface area contributed by atoms with E-state index in [2.05, 4.69) is 0 Å². The van der Waals surface area contributed by atoms with E-state index in [9.17, 15) is 14.4 Å². The summed E-state index contributed by atoms with van der Waals surface area (Å²) in [4.78, 5) is 35.6. The molecule has 20 heavy (non-hydrogen) atoms. The first-order valence-corrected chi connectivity index (χ1v) is 6.77. The number of amides is 1. The number of nitrogens with zero attached hydrogens (tertiary/aromatic N) is 1. The van der Waals surface area contributed by atoms with Crippen molar-refractivity contribution in [2.75, 3.05) is 19.7 Å². The third-order valence-corrected chi connectivity index (χ3v) is 3.29. The molecule has 114 valence electrons. The van der Waals surface area contributed by atoms with Crippen LogP contribution in [0.3, 0.4) is 0 Å². The first-order valence-electron chi connectivity index (χ1n) is 6.77. The van der Waals surface area contributed by atoms with Crippen molar-refractivity contribution in [1.29, 1.82) is 0 Å². The number of esters is 1. The molecular formula is C14H23NO5. The standard InChI is InChI=1S/C14H23NO5/c1-13(2,3)20-12(18)15-7-5-14(4,6-8-15)11(17)19-10-9-16/h9H,5-8,10H2,1-4H3. The average molecular weight is 285 g/mol. The largest absolute Gasteiger partial charge is 0.458 e. The zero-order valence-corrected chi connectivity index (χ0v) is 12.6. The number of hydrogen-bond acceptors (Lipinski definition) is 5. The normalized spacial score (nSPS) is 18.3. The highest BCUT2D eigenvalue weighted by Crippen LogP contribution is 2.32. The Bertz CT molecular complexity index is 378. The summed E-state index contributed by atoms with van der Waals surface area (Å²) in [7, 11) is 0. The molecule has 0 spiro atoms. The van der Waals surface area contributed by atoms with Gasteiger partial charge in [-0.15, -0.1) is 0 Å². The Kier molecular flexibility index (Phi) is 5.14. The molecule has 1 aliphatic rings. The summed E-state index contributed by atoms with van der Waals surface area (Å²) in [6.45, 7) is 7.92. The van der Waals surface area contributed by atoms with Crippen LogP contribution in [0, 0.1) is 5.41 Å². The molecule has 0 aromatic carbocycles. The van der Waals surface area contributed by atoms with Gasteiger partial charge in [-0.1, -0.05) is 0 Å². The Morgan fingerprint density at radius 2 is 1.80 bits per heavy atom. The smallest absolute Gasteiger partial charge is 0.410 e. The van der Waals surface area contributed by atoms with Gasteiger partial charge in [-0.2, -0.15) is 0 Å². The molecule has 6 heteroatoms. The molecule has 0 aromatic rings. The number of likely N-dealkylation sites (tertiary alicyclic amines) is 1. The molecule has 0 atom stereocenters. The summed E-state index contributed by atoms with van der Waals surface area (Å²) in [6, 6.07) is 0. The monoisotopic (exact) mass is 285 g/mol. The minimum Gasteiger partial charge on any atom is -0.458 e. The minimum atomic E-state index is -0.637. The van der Waals surface area contributed by atoms with Crippen LogP contribution >= 0.6 is 0 Å². The molecule has 0 aromatic heterocycles.